The lowest BCUT2D eigenvalue weighted by atomic mass is 9.95. The standard InChI is InChI=1S/C16H18O2/c1-11(2)16(18)15(17)10-13-8-5-7-12-6-3-4-9-14(12)13/h3-9,11,16,18H,10H2,1-2H3. The van der Waals surface area contributed by atoms with Crippen LogP contribution in [0.4, 0.5) is 0 Å². The number of aliphatic hydroxyl groups is 1. The third-order valence-electron chi connectivity index (χ3n) is 3.21. The van der Waals surface area contributed by atoms with Gasteiger partial charge in [-0.05, 0) is 22.3 Å². The van der Waals surface area contributed by atoms with Gasteiger partial charge in [0.1, 0.15) is 6.10 Å². The Balaban J connectivity index is 2.30. The molecule has 1 atom stereocenters. The van der Waals surface area contributed by atoms with Crippen LogP contribution in [0, 0.1) is 5.92 Å². The number of benzene rings is 2. The molecule has 0 saturated heterocycles. The molecule has 1 unspecified atom stereocenters. The zero-order valence-electron chi connectivity index (χ0n) is 10.8. The molecule has 0 fully saturated rings. The highest BCUT2D eigenvalue weighted by Crippen LogP contribution is 2.20. The summed E-state index contributed by atoms with van der Waals surface area (Å²) in [5, 5.41) is 12.0. The van der Waals surface area contributed by atoms with Crippen LogP contribution in [0.5, 0.6) is 0 Å². The number of Topliss-reactive ketones (excluding diaryl/α,β-unsaturated/α-hetero) is 1. The lowest BCUT2D eigenvalue weighted by molar-refractivity contribution is -0.128. The highest BCUT2D eigenvalue weighted by Gasteiger charge is 2.19. The van der Waals surface area contributed by atoms with E-state index >= 15 is 0 Å². The van der Waals surface area contributed by atoms with Gasteiger partial charge in [0.05, 0.1) is 0 Å². The van der Waals surface area contributed by atoms with E-state index in [4.69, 9.17) is 0 Å². The minimum absolute atomic E-state index is 0.0347. The quantitative estimate of drug-likeness (QED) is 0.895. The van der Waals surface area contributed by atoms with Crippen molar-refractivity contribution in [2.45, 2.75) is 26.4 Å². The fourth-order valence-electron chi connectivity index (χ4n) is 2.11. The Morgan fingerprint density at radius 1 is 1.11 bits per heavy atom. The van der Waals surface area contributed by atoms with Crippen LogP contribution in [0.3, 0.4) is 0 Å². The summed E-state index contributed by atoms with van der Waals surface area (Å²) < 4.78 is 0. The summed E-state index contributed by atoms with van der Waals surface area (Å²) in [6.07, 6.45) is -0.579. The summed E-state index contributed by atoms with van der Waals surface area (Å²) in [7, 11) is 0. The summed E-state index contributed by atoms with van der Waals surface area (Å²) >= 11 is 0. The van der Waals surface area contributed by atoms with Crippen molar-refractivity contribution in [1.29, 1.82) is 0 Å². The van der Waals surface area contributed by atoms with Crippen molar-refractivity contribution in [2.24, 2.45) is 5.92 Å². The molecule has 2 rings (SSSR count). The van der Waals surface area contributed by atoms with Gasteiger partial charge in [-0.15, -0.1) is 0 Å². The van der Waals surface area contributed by atoms with Crippen LogP contribution in [0.1, 0.15) is 19.4 Å². The first-order valence-electron chi connectivity index (χ1n) is 6.27. The highest BCUT2D eigenvalue weighted by molar-refractivity contribution is 5.92. The number of carbonyl (C=O) groups excluding carboxylic acids is 1. The van der Waals surface area contributed by atoms with E-state index in [2.05, 4.69) is 0 Å². The maximum absolute atomic E-state index is 11.9. The first-order chi connectivity index (χ1) is 8.59. The molecule has 1 N–H and O–H groups in total. The molecule has 0 aliphatic heterocycles. The predicted octanol–water partition coefficient (Wildman–Crippen LogP) is 2.97. The molecule has 2 heteroatoms. The molecular formula is C16H18O2. The van der Waals surface area contributed by atoms with E-state index < -0.39 is 6.10 Å². The van der Waals surface area contributed by atoms with Crippen LogP contribution in [-0.4, -0.2) is 17.0 Å². The molecule has 0 heterocycles. The number of fused-ring (bicyclic) bond motifs is 1. The van der Waals surface area contributed by atoms with Gasteiger partial charge in [0.25, 0.3) is 0 Å². The van der Waals surface area contributed by atoms with Crippen molar-refractivity contribution >= 4 is 16.6 Å². The van der Waals surface area contributed by atoms with Gasteiger partial charge in [-0.2, -0.15) is 0 Å². The minimum atomic E-state index is -0.871. The van der Waals surface area contributed by atoms with Crippen molar-refractivity contribution in [2.75, 3.05) is 0 Å². The molecule has 0 amide bonds. The van der Waals surface area contributed by atoms with Crippen LogP contribution in [0.15, 0.2) is 42.5 Å². The largest absolute Gasteiger partial charge is 0.385 e. The monoisotopic (exact) mass is 242 g/mol. The van der Waals surface area contributed by atoms with Crippen molar-refractivity contribution in [1.82, 2.24) is 0 Å². The van der Waals surface area contributed by atoms with Gasteiger partial charge in [-0.3, -0.25) is 4.79 Å². The average Bonchev–Trinajstić information content (AvgIpc) is 2.38. The Hall–Kier alpha value is -1.67. The zero-order valence-corrected chi connectivity index (χ0v) is 10.8. The summed E-state index contributed by atoms with van der Waals surface area (Å²) in [6, 6.07) is 13.9. The lowest BCUT2D eigenvalue weighted by Crippen LogP contribution is -2.27. The Morgan fingerprint density at radius 2 is 1.78 bits per heavy atom. The van der Waals surface area contributed by atoms with E-state index in [-0.39, 0.29) is 11.7 Å². The lowest BCUT2D eigenvalue weighted by Gasteiger charge is -2.13. The first-order valence-corrected chi connectivity index (χ1v) is 6.27. The maximum atomic E-state index is 11.9. The second-order valence-corrected chi connectivity index (χ2v) is 4.97. The molecule has 0 bridgehead atoms. The van der Waals surface area contributed by atoms with Gasteiger partial charge in [0.2, 0.25) is 0 Å². The van der Waals surface area contributed by atoms with Crippen molar-refractivity contribution in [3.63, 3.8) is 0 Å². The molecule has 94 valence electrons. The van der Waals surface area contributed by atoms with Crippen LogP contribution >= 0.6 is 0 Å². The molecule has 0 aliphatic rings. The second kappa shape index (κ2) is 5.32. The Kier molecular flexibility index (Phi) is 3.78. The van der Waals surface area contributed by atoms with Crippen molar-refractivity contribution in [3.05, 3.63) is 48.0 Å². The van der Waals surface area contributed by atoms with Gasteiger partial charge >= 0.3 is 0 Å². The Bertz CT molecular complexity index is 553. The topological polar surface area (TPSA) is 37.3 Å². The second-order valence-electron chi connectivity index (χ2n) is 4.97. The van der Waals surface area contributed by atoms with Gasteiger partial charge < -0.3 is 5.11 Å². The summed E-state index contributed by atoms with van der Waals surface area (Å²) in [6.45, 7) is 3.71. The SMILES string of the molecule is CC(C)C(O)C(=O)Cc1cccc2ccccc12. The van der Waals surface area contributed by atoms with Crippen molar-refractivity contribution < 1.29 is 9.90 Å². The molecule has 0 radical (unpaired) electrons. The van der Waals surface area contributed by atoms with Crippen LogP contribution in [-0.2, 0) is 11.2 Å². The van der Waals surface area contributed by atoms with Crippen LogP contribution in [0.25, 0.3) is 10.8 Å². The normalized spacial score (nSPS) is 12.9. The van der Waals surface area contributed by atoms with E-state index in [1.54, 1.807) is 0 Å². The number of hydrogen-bond acceptors (Lipinski definition) is 2. The third kappa shape index (κ3) is 2.59. The smallest absolute Gasteiger partial charge is 0.165 e. The highest BCUT2D eigenvalue weighted by atomic mass is 16.3. The number of hydrogen-bond donors (Lipinski definition) is 1. The molecule has 2 nitrogen and oxygen atoms in total. The van der Waals surface area contributed by atoms with E-state index in [1.165, 1.54) is 0 Å². The number of aliphatic hydroxyl groups excluding tert-OH is 1. The van der Waals surface area contributed by atoms with Gasteiger partial charge in [-0.25, -0.2) is 0 Å². The molecule has 2 aromatic carbocycles. The Labute approximate surface area is 107 Å². The average molecular weight is 242 g/mol. The first kappa shape index (κ1) is 12.8. The molecule has 0 aromatic heterocycles. The molecule has 18 heavy (non-hydrogen) atoms. The minimum Gasteiger partial charge on any atom is -0.385 e. The number of carbonyl (C=O) groups is 1. The Morgan fingerprint density at radius 3 is 2.50 bits per heavy atom. The van der Waals surface area contributed by atoms with Gasteiger partial charge in [-0.1, -0.05) is 56.3 Å². The van der Waals surface area contributed by atoms with E-state index in [9.17, 15) is 9.90 Å². The zero-order chi connectivity index (χ0) is 13.1. The van der Waals surface area contributed by atoms with Crippen LogP contribution in [0.2, 0.25) is 0 Å². The van der Waals surface area contributed by atoms with Crippen LogP contribution < -0.4 is 0 Å². The fourth-order valence-corrected chi connectivity index (χ4v) is 2.11. The third-order valence-corrected chi connectivity index (χ3v) is 3.21. The van der Waals surface area contributed by atoms with E-state index in [1.807, 2.05) is 56.3 Å². The van der Waals surface area contributed by atoms with Gasteiger partial charge in [0.15, 0.2) is 5.78 Å². The predicted molar refractivity (Wildman–Crippen MR) is 73.5 cm³/mol. The van der Waals surface area contributed by atoms with E-state index in [0.717, 1.165) is 16.3 Å². The number of rotatable bonds is 4. The van der Waals surface area contributed by atoms with E-state index in [0.29, 0.717) is 6.42 Å². The van der Waals surface area contributed by atoms with Gasteiger partial charge in [0, 0.05) is 6.42 Å². The van der Waals surface area contributed by atoms with Crippen molar-refractivity contribution in [3.8, 4) is 0 Å². The maximum Gasteiger partial charge on any atom is 0.165 e. The fraction of sp³-hybridized carbons (Fsp3) is 0.312. The molecule has 2 aromatic rings. The summed E-state index contributed by atoms with van der Waals surface area (Å²) in [4.78, 5) is 11.9. The molecular weight excluding hydrogens is 224 g/mol. The summed E-state index contributed by atoms with van der Waals surface area (Å²) in [5.74, 6) is -0.145. The molecule has 0 spiro atoms. The molecule has 0 aliphatic carbocycles. The number of ketones is 1. The molecule has 0 saturated carbocycles. The summed E-state index contributed by atoms with van der Waals surface area (Å²) in [5.41, 5.74) is 0.984.